The first-order valence-corrected chi connectivity index (χ1v) is 5.53. The molecule has 17 heavy (non-hydrogen) atoms. The smallest absolute Gasteiger partial charge is 0.356 e. The summed E-state index contributed by atoms with van der Waals surface area (Å²) < 4.78 is 5.02. The summed E-state index contributed by atoms with van der Waals surface area (Å²) in [5, 5.41) is 0. The fourth-order valence-corrected chi connectivity index (χ4v) is 1.17. The van der Waals surface area contributed by atoms with Crippen LogP contribution in [0.1, 0.15) is 20.8 Å². The maximum absolute atomic E-state index is 11.8. The van der Waals surface area contributed by atoms with Gasteiger partial charge < -0.3 is 14.5 Å². The number of hydrogen-bond acceptors (Lipinski definition) is 4. The largest absolute Gasteiger partial charge is 0.461 e. The highest BCUT2D eigenvalue weighted by molar-refractivity contribution is 5.88. The normalized spacial score (nSPS) is 10.5. The highest BCUT2D eigenvalue weighted by Crippen LogP contribution is 2.11. The number of carbonyl (C=O) groups is 1. The minimum atomic E-state index is -0.362. The van der Waals surface area contributed by atoms with Crippen LogP contribution in [0, 0.1) is 0 Å². The Labute approximate surface area is 104 Å². The molecule has 0 aliphatic carbocycles. The lowest BCUT2D eigenvalue weighted by Gasteiger charge is -2.20. The highest BCUT2D eigenvalue weighted by Gasteiger charge is 2.15. The topological polar surface area (TPSA) is 32.8 Å². The Balaban J connectivity index is 5.22. The molecule has 0 bridgehead atoms. The Morgan fingerprint density at radius 2 is 1.88 bits per heavy atom. The van der Waals surface area contributed by atoms with Crippen LogP contribution in [-0.2, 0) is 9.53 Å². The van der Waals surface area contributed by atoms with Crippen molar-refractivity contribution in [2.24, 2.45) is 0 Å². The molecule has 0 aliphatic rings. The molecule has 0 aromatic rings. The molecule has 0 rings (SSSR count). The highest BCUT2D eigenvalue weighted by atomic mass is 16.5. The van der Waals surface area contributed by atoms with Gasteiger partial charge in [0.2, 0.25) is 0 Å². The van der Waals surface area contributed by atoms with Crippen LogP contribution < -0.4 is 0 Å². The van der Waals surface area contributed by atoms with Gasteiger partial charge in [0.1, 0.15) is 5.70 Å². The van der Waals surface area contributed by atoms with Gasteiger partial charge in [-0.15, -0.1) is 0 Å². The zero-order chi connectivity index (χ0) is 13.4. The summed E-state index contributed by atoms with van der Waals surface area (Å²) in [4.78, 5) is 15.3. The first-order valence-electron chi connectivity index (χ1n) is 5.53. The van der Waals surface area contributed by atoms with E-state index in [-0.39, 0.29) is 5.97 Å². The Kier molecular flexibility index (Phi) is 6.79. The van der Waals surface area contributed by atoms with Crippen LogP contribution in [0.3, 0.4) is 0 Å². The van der Waals surface area contributed by atoms with Gasteiger partial charge >= 0.3 is 5.97 Å². The molecule has 0 fully saturated rings. The van der Waals surface area contributed by atoms with Gasteiger partial charge in [0, 0.05) is 32.7 Å². The lowest BCUT2D eigenvalue weighted by atomic mass is 10.3. The number of nitrogens with zero attached hydrogens (tertiary/aromatic N) is 2. The first-order chi connectivity index (χ1) is 7.92. The number of esters is 1. The first kappa shape index (κ1) is 15.3. The SMILES string of the molecule is C=CN(C=C(C)C)C(=CN(C)C)C(=O)OCC. The van der Waals surface area contributed by atoms with E-state index in [0.717, 1.165) is 5.57 Å². The minimum absolute atomic E-state index is 0.351. The number of allylic oxidation sites excluding steroid dienone is 1. The van der Waals surface area contributed by atoms with Crippen molar-refractivity contribution in [3.8, 4) is 0 Å². The predicted molar refractivity (Wildman–Crippen MR) is 69.9 cm³/mol. The summed E-state index contributed by atoms with van der Waals surface area (Å²) in [6, 6.07) is 0. The third-order valence-corrected chi connectivity index (χ3v) is 1.74. The average Bonchev–Trinajstić information content (AvgIpc) is 2.22. The van der Waals surface area contributed by atoms with E-state index in [1.54, 1.807) is 29.1 Å². The standard InChI is InChI=1S/C13H22N2O2/c1-7-15(9-11(3)4)12(10-14(5)6)13(16)17-8-2/h7,9-10H,1,8H2,2-6H3. The Hall–Kier alpha value is -1.71. The van der Waals surface area contributed by atoms with E-state index >= 15 is 0 Å². The molecule has 4 heteroatoms. The van der Waals surface area contributed by atoms with Crippen LogP contribution >= 0.6 is 0 Å². The molecule has 0 atom stereocenters. The summed E-state index contributed by atoms with van der Waals surface area (Å²) in [6.07, 6.45) is 5.12. The van der Waals surface area contributed by atoms with Gasteiger partial charge in [-0.25, -0.2) is 4.79 Å². The van der Waals surface area contributed by atoms with E-state index in [2.05, 4.69) is 6.58 Å². The molecule has 0 amide bonds. The summed E-state index contributed by atoms with van der Waals surface area (Å²) in [7, 11) is 3.70. The van der Waals surface area contributed by atoms with Gasteiger partial charge in [-0.05, 0) is 20.8 Å². The molecule has 0 unspecified atom stereocenters. The number of ether oxygens (including phenoxy) is 1. The predicted octanol–water partition coefficient (Wildman–Crippen LogP) is 2.32. The van der Waals surface area contributed by atoms with Crippen LogP contribution in [0.15, 0.2) is 36.4 Å². The second kappa shape index (κ2) is 7.54. The molecule has 0 saturated carbocycles. The van der Waals surface area contributed by atoms with Crippen molar-refractivity contribution in [3.63, 3.8) is 0 Å². The third kappa shape index (κ3) is 5.80. The monoisotopic (exact) mass is 238 g/mol. The molecular weight excluding hydrogens is 216 g/mol. The van der Waals surface area contributed by atoms with Crippen molar-refractivity contribution in [1.82, 2.24) is 9.80 Å². The number of hydrogen-bond donors (Lipinski definition) is 0. The number of rotatable bonds is 6. The summed E-state index contributed by atoms with van der Waals surface area (Å²) in [6.45, 7) is 9.74. The van der Waals surface area contributed by atoms with Crippen molar-refractivity contribution < 1.29 is 9.53 Å². The Morgan fingerprint density at radius 3 is 2.24 bits per heavy atom. The molecule has 0 radical (unpaired) electrons. The van der Waals surface area contributed by atoms with Crippen molar-refractivity contribution in [2.45, 2.75) is 20.8 Å². The van der Waals surface area contributed by atoms with Gasteiger partial charge in [0.15, 0.2) is 0 Å². The Bertz CT molecular complexity index is 326. The lowest BCUT2D eigenvalue weighted by Crippen LogP contribution is -2.22. The summed E-state index contributed by atoms with van der Waals surface area (Å²) in [5.74, 6) is -0.362. The van der Waals surface area contributed by atoms with Crippen molar-refractivity contribution in [1.29, 1.82) is 0 Å². The van der Waals surface area contributed by atoms with E-state index in [4.69, 9.17) is 4.74 Å². The van der Waals surface area contributed by atoms with Gasteiger partial charge in [0.25, 0.3) is 0 Å². The zero-order valence-electron chi connectivity index (χ0n) is 11.4. The van der Waals surface area contributed by atoms with Gasteiger partial charge in [0.05, 0.1) is 6.61 Å². The molecule has 0 N–H and O–H groups in total. The fraction of sp³-hybridized carbons (Fsp3) is 0.462. The van der Waals surface area contributed by atoms with Gasteiger partial charge in [-0.1, -0.05) is 12.2 Å². The van der Waals surface area contributed by atoms with Crippen LogP contribution in [0.25, 0.3) is 0 Å². The van der Waals surface area contributed by atoms with Crippen LogP contribution in [0.5, 0.6) is 0 Å². The maximum atomic E-state index is 11.8. The molecule has 0 aromatic carbocycles. The van der Waals surface area contributed by atoms with E-state index in [1.165, 1.54) is 0 Å². The van der Waals surface area contributed by atoms with Crippen LogP contribution in [0.2, 0.25) is 0 Å². The molecule has 0 spiro atoms. The molecule has 0 saturated heterocycles. The molecule has 0 aromatic heterocycles. The van der Waals surface area contributed by atoms with Crippen LogP contribution in [0.4, 0.5) is 0 Å². The molecule has 0 aliphatic heterocycles. The second-order valence-electron chi connectivity index (χ2n) is 3.99. The molecule has 0 heterocycles. The van der Waals surface area contributed by atoms with Gasteiger partial charge in [-0.3, -0.25) is 0 Å². The Morgan fingerprint density at radius 1 is 1.29 bits per heavy atom. The summed E-state index contributed by atoms with van der Waals surface area (Å²) in [5.41, 5.74) is 1.51. The number of carbonyl (C=O) groups excluding carboxylic acids is 1. The third-order valence-electron chi connectivity index (χ3n) is 1.74. The van der Waals surface area contributed by atoms with E-state index < -0.39 is 0 Å². The maximum Gasteiger partial charge on any atom is 0.356 e. The van der Waals surface area contributed by atoms with E-state index in [0.29, 0.717) is 12.3 Å². The second-order valence-corrected chi connectivity index (χ2v) is 3.99. The van der Waals surface area contributed by atoms with Gasteiger partial charge in [-0.2, -0.15) is 0 Å². The van der Waals surface area contributed by atoms with Crippen molar-refractivity contribution in [2.75, 3.05) is 20.7 Å². The fourth-order valence-electron chi connectivity index (χ4n) is 1.17. The molecular formula is C13H22N2O2. The van der Waals surface area contributed by atoms with Crippen molar-refractivity contribution >= 4 is 5.97 Å². The average molecular weight is 238 g/mol. The molecule has 4 nitrogen and oxygen atoms in total. The summed E-state index contributed by atoms with van der Waals surface area (Å²) >= 11 is 0. The lowest BCUT2D eigenvalue weighted by molar-refractivity contribution is -0.139. The molecule has 96 valence electrons. The van der Waals surface area contributed by atoms with E-state index in [9.17, 15) is 4.79 Å². The minimum Gasteiger partial charge on any atom is -0.461 e. The quantitative estimate of drug-likeness (QED) is 0.525. The van der Waals surface area contributed by atoms with Crippen molar-refractivity contribution in [3.05, 3.63) is 36.4 Å². The van der Waals surface area contributed by atoms with Crippen LogP contribution in [-0.4, -0.2) is 36.5 Å². The van der Waals surface area contributed by atoms with E-state index in [1.807, 2.05) is 34.1 Å². The zero-order valence-corrected chi connectivity index (χ0v) is 11.4.